The molecule has 2 aromatic rings. The van der Waals surface area contributed by atoms with Crippen LogP contribution in [0.5, 0.6) is 5.75 Å². The van der Waals surface area contributed by atoms with Crippen molar-refractivity contribution in [2.45, 2.75) is 26.3 Å². The number of esters is 1. The quantitative estimate of drug-likeness (QED) is 0.561. The van der Waals surface area contributed by atoms with Gasteiger partial charge in [-0.15, -0.1) is 0 Å². The predicted octanol–water partition coefficient (Wildman–Crippen LogP) is 2.71. The van der Waals surface area contributed by atoms with Crippen molar-refractivity contribution in [3.8, 4) is 5.75 Å². The molecular weight excluding hydrogens is 332 g/mol. The number of ether oxygens (including phenoxy) is 2. The van der Waals surface area contributed by atoms with Gasteiger partial charge in [0.2, 0.25) is 0 Å². The molecule has 26 heavy (non-hydrogen) atoms. The van der Waals surface area contributed by atoms with Gasteiger partial charge < -0.3 is 20.5 Å². The number of benzene rings is 2. The number of anilines is 1. The summed E-state index contributed by atoms with van der Waals surface area (Å²) in [5.74, 6) is -0.123. The number of nitrogen functional groups attached to an aromatic ring is 1. The van der Waals surface area contributed by atoms with Crippen LogP contribution in [0.1, 0.15) is 29.3 Å². The summed E-state index contributed by atoms with van der Waals surface area (Å²) in [6.45, 7) is 4.03. The van der Waals surface area contributed by atoms with E-state index in [1.807, 2.05) is 30.3 Å². The van der Waals surface area contributed by atoms with E-state index in [4.69, 9.17) is 15.2 Å². The number of para-hydroxylation sites is 1. The lowest BCUT2D eigenvalue weighted by Gasteiger charge is -2.18. The Hall–Kier alpha value is -3.02. The van der Waals surface area contributed by atoms with Gasteiger partial charge in [-0.25, -0.2) is 4.79 Å². The van der Waals surface area contributed by atoms with E-state index in [2.05, 4.69) is 5.32 Å². The summed E-state index contributed by atoms with van der Waals surface area (Å²) < 4.78 is 10.7. The summed E-state index contributed by atoms with van der Waals surface area (Å²) in [5.41, 5.74) is 7.51. The number of aryl methyl sites for hydroxylation is 1. The molecule has 0 spiro atoms. The Morgan fingerprint density at radius 2 is 1.88 bits per heavy atom. The van der Waals surface area contributed by atoms with Gasteiger partial charge in [-0.05, 0) is 49.7 Å². The molecule has 0 aliphatic rings. The van der Waals surface area contributed by atoms with Gasteiger partial charge in [-0.3, -0.25) is 4.79 Å². The van der Waals surface area contributed by atoms with Crippen LogP contribution in [-0.4, -0.2) is 31.1 Å². The molecule has 1 unspecified atom stereocenters. The minimum absolute atomic E-state index is 0.242. The lowest BCUT2D eigenvalue weighted by Crippen LogP contribution is -2.43. The fourth-order valence-electron chi connectivity index (χ4n) is 2.48. The standard InChI is InChI=1S/C20H24N2O4/c1-3-25-20(24)18(11-12-26-16-7-5-4-6-8-16)22-19(23)17-10-9-15(21)13-14(17)2/h4-10,13,18H,3,11-12,21H2,1-2H3,(H,22,23). The molecule has 0 aromatic heterocycles. The van der Waals surface area contributed by atoms with E-state index in [0.717, 1.165) is 5.56 Å². The molecule has 0 bridgehead atoms. The Morgan fingerprint density at radius 1 is 1.15 bits per heavy atom. The second-order valence-corrected chi connectivity index (χ2v) is 5.80. The van der Waals surface area contributed by atoms with Crippen molar-refractivity contribution in [3.05, 3.63) is 59.7 Å². The van der Waals surface area contributed by atoms with E-state index in [0.29, 0.717) is 23.4 Å². The Labute approximate surface area is 153 Å². The van der Waals surface area contributed by atoms with E-state index in [9.17, 15) is 9.59 Å². The fraction of sp³-hybridized carbons (Fsp3) is 0.300. The lowest BCUT2D eigenvalue weighted by atomic mass is 10.1. The molecule has 1 atom stereocenters. The summed E-state index contributed by atoms with van der Waals surface area (Å²) in [6.07, 6.45) is 0.299. The molecule has 2 aromatic carbocycles. The number of hydrogen-bond acceptors (Lipinski definition) is 5. The third-order valence-corrected chi connectivity index (χ3v) is 3.79. The minimum Gasteiger partial charge on any atom is -0.494 e. The van der Waals surface area contributed by atoms with Crippen LogP contribution in [-0.2, 0) is 9.53 Å². The zero-order chi connectivity index (χ0) is 18.9. The van der Waals surface area contributed by atoms with Crippen molar-refractivity contribution in [2.24, 2.45) is 0 Å². The maximum Gasteiger partial charge on any atom is 0.328 e. The molecule has 0 heterocycles. The molecule has 1 amide bonds. The second-order valence-electron chi connectivity index (χ2n) is 5.80. The number of carbonyl (C=O) groups excluding carboxylic acids is 2. The molecule has 0 saturated carbocycles. The van der Waals surface area contributed by atoms with E-state index in [-0.39, 0.29) is 19.1 Å². The number of nitrogens with one attached hydrogen (secondary N) is 1. The molecule has 0 aliphatic carbocycles. The van der Waals surface area contributed by atoms with Crippen molar-refractivity contribution >= 4 is 17.6 Å². The van der Waals surface area contributed by atoms with Crippen LogP contribution in [0.3, 0.4) is 0 Å². The lowest BCUT2D eigenvalue weighted by molar-refractivity contribution is -0.145. The molecule has 0 fully saturated rings. The van der Waals surface area contributed by atoms with E-state index < -0.39 is 12.0 Å². The first-order chi connectivity index (χ1) is 12.5. The smallest absolute Gasteiger partial charge is 0.328 e. The third-order valence-electron chi connectivity index (χ3n) is 3.79. The van der Waals surface area contributed by atoms with Crippen LogP contribution < -0.4 is 15.8 Å². The summed E-state index contributed by atoms with van der Waals surface area (Å²) >= 11 is 0. The topological polar surface area (TPSA) is 90.6 Å². The summed E-state index contributed by atoms with van der Waals surface area (Å²) in [6, 6.07) is 13.5. The van der Waals surface area contributed by atoms with Crippen molar-refractivity contribution in [2.75, 3.05) is 18.9 Å². The highest BCUT2D eigenvalue weighted by Crippen LogP contribution is 2.13. The molecule has 6 nitrogen and oxygen atoms in total. The zero-order valence-electron chi connectivity index (χ0n) is 15.0. The summed E-state index contributed by atoms with van der Waals surface area (Å²) in [5, 5.41) is 2.73. The van der Waals surface area contributed by atoms with Gasteiger partial charge >= 0.3 is 5.97 Å². The van der Waals surface area contributed by atoms with E-state index in [1.165, 1.54) is 0 Å². The number of rotatable bonds is 8. The Morgan fingerprint density at radius 3 is 2.54 bits per heavy atom. The monoisotopic (exact) mass is 356 g/mol. The van der Waals surface area contributed by atoms with Gasteiger partial charge in [0.1, 0.15) is 11.8 Å². The molecule has 0 saturated heterocycles. The second kappa shape index (κ2) is 9.46. The highest BCUT2D eigenvalue weighted by molar-refractivity contribution is 5.98. The first-order valence-electron chi connectivity index (χ1n) is 8.52. The molecule has 3 N–H and O–H groups in total. The maximum atomic E-state index is 12.5. The van der Waals surface area contributed by atoms with E-state index in [1.54, 1.807) is 32.0 Å². The molecule has 0 aliphatic heterocycles. The predicted molar refractivity (Wildman–Crippen MR) is 100 cm³/mol. The summed E-state index contributed by atoms with van der Waals surface area (Å²) in [4.78, 5) is 24.7. The van der Waals surface area contributed by atoms with Crippen molar-refractivity contribution in [1.29, 1.82) is 0 Å². The van der Waals surface area contributed by atoms with Gasteiger partial charge in [0.25, 0.3) is 5.91 Å². The first-order valence-corrected chi connectivity index (χ1v) is 8.52. The highest BCUT2D eigenvalue weighted by Gasteiger charge is 2.23. The van der Waals surface area contributed by atoms with Gasteiger partial charge in [0.05, 0.1) is 13.2 Å². The van der Waals surface area contributed by atoms with Crippen LogP contribution in [0.2, 0.25) is 0 Å². The minimum atomic E-state index is -0.789. The van der Waals surface area contributed by atoms with Gasteiger partial charge in [-0.2, -0.15) is 0 Å². The SMILES string of the molecule is CCOC(=O)C(CCOc1ccccc1)NC(=O)c1ccc(N)cc1C. The fourth-order valence-corrected chi connectivity index (χ4v) is 2.48. The number of amides is 1. The molecule has 138 valence electrons. The van der Waals surface area contributed by atoms with Gasteiger partial charge in [-0.1, -0.05) is 18.2 Å². The normalized spacial score (nSPS) is 11.5. The van der Waals surface area contributed by atoms with Crippen LogP contribution in [0, 0.1) is 6.92 Å². The van der Waals surface area contributed by atoms with Gasteiger partial charge in [0, 0.05) is 17.7 Å². The Bertz CT molecular complexity index is 747. The number of hydrogen-bond donors (Lipinski definition) is 2. The number of nitrogens with two attached hydrogens (primary N) is 1. The average Bonchev–Trinajstić information content (AvgIpc) is 2.61. The third kappa shape index (κ3) is 5.51. The van der Waals surface area contributed by atoms with Gasteiger partial charge in [0.15, 0.2) is 0 Å². The molecule has 0 radical (unpaired) electrons. The Balaban J connectivity index is 2.01. The molecular formula is C20H24N2O4. The first kappa shape index (κ1) is 19.3. The largest absolute Gasteiger partial charge is 0.494 e. The van der Waals surface area contributed by atoms with Crippen LogP contribution in [0.25, 0.3) is 0 Å². The van der Waals surface area contributed by atoms with Crippen LogP contribution in [0.15, 0.2) is 48.5 Å². The number of carbonyl (C=O) groups is 2. The van der Waals surface area contributed by atoms with Crippen molar-refractivity contribution in [1.82, 2.24) is 5.32 Å². The van der Waals surface area contributed by atoms with Crippen LogP contribution >= 0.6 is 0 Å². The van der Waals surface area contributed by atoms with Crippen molar-refractivity contribution < 1.29 is 19.1 Å². The molecule has 6 heteroatoms. The Kier molecular flexibility index (Phi) is 7.02. The maximum absolute atomic E-state index is 12.5. The molecule has 2 rings (SSSR count). The average molecular weight is 356 g/mol. The highest BCUT2D eigenvalue weighted by atomic mass is 16.5. The van der Waals surface area contributed by atoms with Crippen LogP contribution in [0.4, 0.5) is 5.69 Å². The zero-order valence-corrected chi connectivity index (χ0v) is 15.0. The summed E-state index contributed by atoms with van der Waals surface area (Å²) in [7, 11) is 0. The van der Waals surface area contributed by atoms with Crippen molar-refractivity contribution in [3.63, 3.8) is 0 Å². The van der Waals surface area contributed by atoms with E-state index >= 15 is 0 Å².